The molecular formula is C27H32N2O5. The summed E-state index contributed by atoms with van der Waals surface area (Å²) in [5, 5.41) is 14.8. The van der Waals surface area contributed by atoms with Crippen LogP contribution in [0.2, 0.25) is 0 Å². The molecule has 0 aromatic heterocycles. The summed E-state index contributed by atoms with van der Waals surface area (Å²) in [6.07, 6.45) is 2.22. The van der Waals surface area contributed by atoms with Crippen LogP contribution in [0.15, 0.2) is 48.5 Å². The lowest BCUT2D eigenvalue weighted by atomic mass is 9.75. The summed E-state index contributed by atoms with van der Waals surface area (Å²) >= 11 is 0. The number of nitrogens with one attached hydrogen (secondary N) is 2. The summed E-state index contributed by atoms with van der Waals surface area (Å²) in [6.45, 7) is 3.89. The molecule has 4 rings (SSSR count). The number of hydrogen-bond acceptors (Lipinski definition) is 4. The van der Waals surface area contributed by atoms with E-state index in [0.29, 0.717) is 12.8 Å². The first-order valence-corrected chi connectivity index (χ1v) is 12.0. The number of ether oxygens (including phenoxy) is 1. The molecule has 7 heteroatoms. The van der Waals surface area contributed by atoms with Gasteiger partial charge in [0.2, 0.25) is 5.91 Å². The molecule has 2 aromatic carbocycles. The Morgan fingerprint density at radius 2 is 1.71 bits per heavy atom. The SMILES string of the molecule is CC[C@H](NC(=O)C1(NC(=O)OCC2c3ccccc3-c3ccccc32)CCCC(C)C1)C(=O)O. The van der Waals surface area contributed by atoms with E-state index in [2.05, 4.69) is 34.9 Å². The molecule has 2 aromatic rings. The zero-order chi connectivity index (χ0) is 24.3. The number of carbonyl (C=O) groups is 3. The second-order valence-corrected chi connectivity index (χ2v) is 9.51. The van der Waals surface area contributed by atoms with Crippen LogP contribution in [0, 0.1) is 5.92 Å². The van der Waals surface area contributed by atoms with Crippen LogP contribution in [0.4, 0.5) is 4.79 Å². The number of carbonyl (C=O) groups excluding carboxylic acids is 2. The van der Waals surface area contributed by atoms with Crippen molar-refractivity contribution in [1.82, 2.24) is 10.6 Å². The molecule has 2 aliphatic rings. The first-order valence-electron chi connectivity index (χ1n) is 12.0. The molecule has 2 aliphatic carbocycles. The molecule has 0 radical (unpaired) electrons. The zero-order valence-corrected chi connectivity index (χ0v) is 19.7. The van der Waals surface area contributed by atoms with E-state index in [0.717, 1.165) is 35.1 Å². The number of rotatable bonds is 7. The van der Waals surface area contributed by atoms with E-state index in [1.54, 1.807) is 6.92 Å². The van der Waals surface area contributed by atoms with Crippen molar-refractivity contribution >= 4 is 18.0 Å². The molecule has 0 spiro atoms. The van der Waals surface area contributed by atoms with Gasteiger partial charge in [0.15, 0.2) is 0 Å². The Labute approximate surface area is 199 Å². The van der Waals surface area contributed by atoms with E-state index >= 15 is 0 Å². The topological polar surface area (TPSA) is 105 Å². The van der Waals surface area contributed by atoms with Gasteiger partial charge in [-0.15, -0.1) is 0 Å². The Morgan fingerprint density at radius 3 is 2.26 bits per heavy atom. The summed E-state index contributed by atoms with van der Waals surface area (Å²) in [5.74, 6) is -1.40. The van der Waals surface area contributed by atoms with Crippen molar-refractivity contribution in [2.24, 2.45) is 5.92 Å². The van der Waals surface area contributed by atoms with E-state index in [4.69, 9.17) is 4.74 Å². The minimum atomic E-state index is -1.18. The molecule has 3 N–H and O–H groups in total. The highest BCUT2D eigenvalue weighted by Gasteiger charge is 2.44. The van der Waals surface area contributed by atoms with E-state index < -0.39 is 29.6 Å². The fourth-order valence-electron chi connectivity index (χ4n) is 5.39. The summed E-state index contributed by atoms with van der Waals surface area (Å²) in [7, 11) is 0. The fourth-order valence-corrected chi connectivity index (χ4v) is 5.39. The second kappa shape index (κ2) is 9.87. The quantitative estimate of drug-likeness (QED) is 0.561. The zero-order valence-electron chi connectivity index (χ0n) is 19.7. The first kappa shape index (κ1) is 23.8. The molecule has 0 bridgehead atoms. The van der Waals surface area contributed by atoms with Gasteiger partial charge in [-0.2, -0.15) is 0 Å². The third kappa shape index (κ3) is 4.65. The number of carboxylic acid groups (broad SMARTS) is 1. The van der Waals surface area contributed by atoms with Crippen molar-refractivity contribution in [3.05, 3.63) is 59.7 Å². The van der Waals surface area contributed by atoms with Crippen molar-refractivity contribution in [1.29, 1.82) is 0 Å². The summed E-state index contributed by atoms with van der Waals surface area (Å²) in [5.41, 5.74) is 3.33. The lowest BCUT2D eigenvalue weighted by molar-refractivity contribution is -0.143. The van der Waals surface area contributed by atoms with Crippen LogP contribution in [-0.2, 0) is 14.3 Å². The van der Waals surface area contributed by atoms with Crippen molar-refractivity contribution in [2.45, 2.75) is 63.5 Å². The van der Waals surface area contributed by atoms with Gasteiger partial charge >= 0.3 is 12.1 Å². The van der Waals surface area contributed by atoms with E-state index in [1.165, 1.54) is 0 Å². The highest BCUT2D eigenvalue weighted by atomic mass is 16.5. The molecule has 0 saturated heterocycles. The molecule has 3 atom stereocenters. The Hall–Kier alpha value is -3.35. The van der Waals surface area contributed by atoms with Crippen LogP contribution in [0.1, 0.15) is 63.0 Å². The number of aliphatic carboxylic acids is 1. The highest BCUT2D eigenvalue weighted by Crippen LogP contribution is 2.44. The van der Waals surface area contributed by atoms with Gasteiger partial charge in [0, 0.05) is 5.92 Å². The van der Waals surface area contributed by atoms with Crippen molar-refractivity contribution in [2.75, 3.05) is 6.61 Å². The number of benzene rings is 2. The number of fused-ring (bicyclic) bond motifs is 3. The lowest BCUT2D eigenvalue weighted by Gasteiger charge is -2.39. The summed E-state index contributed by atoms with van der Waals surface area (Å²) < 4.78 is 5.69. The highest BCUT2D eigenvalue weighted by molar-refractivity contribution is 5.93. The monoisotopic (exact) mass is 464 g/mol. The maximum atomic E-state index is 13.2. The maximum absolute atomic E-state index is 13.2. The molecule has 7 nitrogen and oxygen atoms in total. The van der Waals surface area contributed by atoms with Gasteiger partial charge in [-0.25, -0.2) is 9.59 Å². The summed E-state index contributed by atoms with van der Waals surface area (Å²) in [4.78, 5) is 37.6. The predicted octanol–water partition coefficient (Wildman–Crippen LogP) is 4.45. The van der Waals surface area contributed by atoms with Crippen LogP contribution in [0.25, 0.3) is 11.1 Å². The number of amides is 2. The fraction of sp³-hybridized carbons (Fsp3) is 0.444. The first-order chi connectivity index (χ1) is 16.3. The van der Waals surface area contributed by atoms with Crippen LogP contribution < -0.4 is 10.6 Å². The summed E-state index contributed by atoms with van der Waals surface area (Å²) in [6, 6.07) is 15.2. The van der Waals surface area contributed by atoms with Gasteiger partial charge in [0.05, 0.1) is 0 Å². The van der Waals surface area contributed by atoms with Gasteiger partial charge in [0.1, 0.15) is 18.2 Å². The van der Waals surface area contributed by atoms with Gasteiger partial charge in [-0.3, -0.25) is 4.79 Å². The lowest BCUT2D eigenvalue weighted by Crippen LogP contribution is -2.62. The Bertz CT molecular complexity index is 1040. The van der Waals surface area contributed by atoms with Crippen LogP contribution in [0.3, 0.4) is 0 Å². The van der Waals surface area contributed by atoms with Gasteiger partial charge in [0.25, 0.3) is 0 Å². The number of carboxylic acids is 1. The second-order valence-electron chi connectivity index (χ2n) is 9.51. The maximum Gasteiger partial charge on any atom is 0.408 e. The molecule has 180 valence electrons. The number of hydrogen-bond donors (Lipinski definition) is 3. The van der Waals surface area contributed by atoms with E-state index in [-0.39, 0.29) is 24.9 Å². The minimum Gasteiger partial charge on any atom is -0.480 e. The molecule has 0 heterocycles. The Kier molecular flexibility index (Phi) is 6.91. The molecule has 2 amide bonds. The predicted molar refractivity (Wildman–Crippen MR) is 128 cm³/mol. The molecule has 34 heavy (non-hydrogen) atoms. The van der Waals surface area contributed by atoms with Crippen molar-refractivity contribution in [3.8, 4) is 11.1 Å². The largest absolute Gasteiger partial charge is 0.480 e. The average Bonchev–Trinajstić information content (AvgIpc) is 3.14. The Morgan fingerprint density at radius 1 is 1.09 bits per heavy atom. The molecular weight excluding hydrogens is 432 g/mol. The third-order valence-electron chi connectivity index (χ3n) is 7.13. The smallest absolute Gasteiger partial charge is 0.408 e. The Balaban J connectivity index is 1.49. The van der Waals surface area contributed by atoms with Crippen LogP contribution in [-0.4, -0.2) is 41.3 Å². The van der Waals surface area contributed by atoms with Gasteiger partial charge in [-0.05, 0) is 47.4 Å². The van der Waals surface area contributed by atoms with Crippen molar-refractivity contribution in [3.63, 3.8) is 0 Å². The molecule has 2 unspecified atom stereocenters. The average molecular weight is 465 g/mol. The molecule has 1 fully saturated rings. The van der Waals surface area contributed by atoms with Gasteiger partial charge in [-0.1, -0.05) is 75.2 Å². The van der Waals surface area contributed by atoms with Crippen molar-refractivity contribution < 1.29 is 24.2 Å². The third-order valence-corrected chi connectivity index (χ3v) is 7.13. The van der Waals surface area contributed by atoms with Crippen LogP contribution in [0.5, 0.6) is 0 Å². The normalized spacial score (nSPS) is 22.2. The number of alkyl carbamates (subject to hydrolysis) is 1. The minimum absolute atomic E-state index is 0.0790. The van der Waals surface area contributed by atoms with Gasteiger partial charge < -0.3 is 20.5 Å². The molecule has 0 aliphatic heterocycles. The molecule has 1 saturated carbocycles. The standard InChI is InChI=1S/C27H32N2O5/c1-3-23(24(30)31)28-25(32)27(14-8-9-17(2)15-27)29-26(33)34-16-22-20-12-6-4-10-18(20)19-11-5-7-13-21(19)22/h4-7,10-13,17,22-23H,3,8-9,14-16H2,1-2H3,(H,28,32)(H,29,33)(H,30,31)/t17?,23-,27?/m0/s1. The van der Waals surface area contributed by atoms with E-state index in [9.17, 15) is 19.5 Å². The van der Waals surface area contributed by atoms with E-state index in [1.807, 2.05) is 31.2 Å². The van der Waals surface area contributed by atoms with Crippen LogP contribution >= 0.6 is 0 Å².